The number of halogens is 2. The molecule has 85 heavy (non-hydrogen) atoms. The maximum atomic E-state index is 16.2. The summed E-state index contributed by atoms with van der Waals surface area (Å²) in [6.45, 7) is 7.53. The average molecular weight is 1150 g/mol. The van der Waals surface area contributed by atoms with Crippen molar-refractivity contribution in [3.8, 4) is 57.4 Å². The lowest BCUT2D eigenvalue weighted by molar-refractivity contribution is -0.131. The minimum Gasteiger partial charge on any atom is -0.363 e. The number of carbonyl (C=O) groups is 2. The van der Waals surface area contributed by atoms with Crippen LogP contribution >= 0.6 is 0 Å². The van der Waals surface area contributed by atoms with Crippen LogP contribution in [-0.4, -0.2) is 185 Å². The molecule has 12 heterocycles. The summed E-state index contributed by atoms with van der Waals surface area (Å²) in [5, 5.41) is 33.3. The third kappa shape index (κ3) is 13.1. The van der Waals surface area contributed by atoms with Crippen molar-refractivity contribution < 1.29 is 18.4 Å². The first-order valence-corrected chi connectivity index (χ1v) is 29.0. The fraction of sp³-hybridized carbons (Fsp3) is 0.410. The lowest BCUT2D eigenvalue weighted by atomic mass is 10.0. The maximum absolute atomic E-state index is 16.2. The molecular formula is C61H68F2N20O2. The third-order valence-corrected chi connectivity index (χ3v) is 16.3. The molecular weight excluding hydrogens is 1080 g/mol. The number of hydrogen-bond acceptors (Lipinski definition) is 18. The lowest BCUT2D eigenvalue weighted by Crippen LogP contribution is -2.45. The Bertz CT molecular complexity index is 3740. The average Bonchev–Trinajstić information content (AvgIpc) is 3.86. The molecule has 8 aromatic rings. The minimum atomic E-state index is -0.582. The van der Waals surface area contributed by atoms with Crippen molar-refractivity contribution in [2.24, 2.45) is 0 Å². The number of fused-ring (bicyclic) bond motifs is 2. The molecule has 4 aliphatic rings. The van der Waals surface area contributed by atoms with Crippen molar-refractivity contribution in [2.75, 3.05) is 107 Å². The van der Waals surface area contributed by atoms with Gasteiger partial charge in [-0.15, -0.1) is 0 Å². The van der Waals surface area contributed by atoms with Crippen molar-refractivity contribution in [1.29, 1.82) is 10.5 Å². The predicted molar refractivity (Wildman–Crippen MR) is 319 cm³/mol. The summed E-state index contributed by atoms with van der Waals surface area (Å²) in [6, 6.07) is 22.9. The van der Waals surface area contributed by atoms with Crippen LogP contribution in [-0.2, 0) is 9.59 Å². The van der Waals surface area contributed by atoms with E-state index in [9.17, 15) is 9.59 Å². The lowest BCUT2D eigenvalue weighted by Gasteiger charge is -2.35. The number of anilines is 4. The van der Waals surface area contributed by atoms with Crippen molar-refractivity contribution in [2.45, 2.75) is 75.9 Å². The van der Waals surface area contributed by atoms with E-state index in [0.29, 0.717) is 66.1 Å². The summed E-state index contributed by atoms with van der Waals surface area (Å²) in [4.78, 5) is 65.2. The molecule has 0 radical (unpaired) electrons. The van der Waals surface area contributed by atoms with Gasteiger partial charge in [-0.05, 0) is 121 Å². The van der Waals surface area contributed by atoms with E-state index in [1.54, 1.807) is 43.6 Å². The maximum Gasteiger partial charge on any atom is 0.236 e. The molecule has 0 saturated carbocycles. The number of carbonyl (C=O) groups excluding carboxylic acids is 2. The molecule has 0 aromatic carbocycles. The fourth-order valence-electron chi connectivity index (χ4n) is 11.6. The van der Waals surface area contributed by atoms with E-state index < -0.39 is 11.6 Å². The monoisotopic (exact) mass is 1150 g/mol. The van der Waals surface area contributed by atoms with Gasteiger partial charge in [-0.2, -0.15) is 20.7 Å². The number of rotatable bonds is 13. The number of piperidine rings is 3. The molecule has 0 spiro atoms. The van der Waals surface area contributed by atoms with Crippen molar-refractivity contribution >= 4 is 46.1 Å². The molecule has 12 rings (SSSR count). The largest absolute Gasteiger partial charge is 0.363 e. The summed E-state index contributed by atoms with van der Waals surface area (Å²) >= 11 is 0. The Kier molecular flexibility index (Phi) is 17.7. The number of nitrogens with zero attached hydrogens (tertiary/aromatic N) is 18. The topological polar surface area (TPSA) is 237 Å². The van der Waals surface area contributed by atoms with Crippen LogP contribution in [0.5, 0.6) is 0 Å². The van der Waals surface area contributed by atoms with Gasteiger partial charge >= 0.3 is 0 Å². The SMILES string of the molecule is CN(C)C1CCN(c2ccc(-c3nc(-c4cnn5ccccc45)nc(N[C@@H]4CCCN(C(=O)CC#N)C4)c3F)cn2)CC1.CN1CCCN(c2ccc(-c3nc(-c4cnn5ccccc45)nc(N[C@@H]4CCCN(C(=O)CC#N)C4)c3F)cn2)CC1. The molecule has 4 fully saturated rings. The van der Waals surface area contributed by atoms with Crippen LogP contribution in [0.25, 0.3) is 56.3 Å². The zero-order valence-electron chi connectivity index (χ0n) is 48.0. The molecule has 8 aromatic heterocycles. The van der Waals surface area contributed by atoms with Gasteiger partial charge in [0, 0.05) is 113 Å². The minimum absolute atomic E-state index is 0.0597. The molecule has 4 saturated heterocycles. The zero-order valence-corrected chi connectivity index (χ0v) is 48.0. The number of amides is 2. The number of likely N-dealkylation sites (N-methyl/N-ethyl adjacent to an activating group) is 1. The Balaban J connectivity index is 0.000000177. The van der Waals surface area contributed by atoms with Crippen LogP contribution in [0.4, 0.5) is 32.1 Å². The molecule has 438 valence electrons. The van der Waals surface area contributed by atoms with Gasteiger partial charge < -0.3 is 40.0 Å². The second-order valence-corrected chi connectivity index (χ2v) is 22.2. The van der Waals surface area contributed by atoms with Crippen LogP contribution in [0.1, 0.15) is 57.8 Å². The molecule has 24 heteroatoms. The van der Waals surface area contributed by atoms with E-state index in [4.69, 9.17) is 20.5 Å². The van der Waals surface area contributed by atoms with E-state index in [1.165, 1.54) is 0 Å². The molecule has 4 aliphatic heterocycles. The highest BCUT2D eigenvalue weighted by Crippen LogP contribution is 2.34. The number of nitriles is 2. The van der Waals surface area contributed by atoms with Gasteiger partial charge in [0.2, 0.25) is 11.8 Å². The van der Waals surface area contributed by atoms with Crippen molar-refractivity contribution in [1.82, 2.24) is 68.7 Å². The Morgan fingerprint density at radius 2 is 1.08 bits per heavy atom. The third-order valence-electron chi connectivity index (χ3n) is 16.3. The highest BCUT2D eigenvalue weighted by Gasteiger charge is 2.30. The van der Waals surface area contributed by atoms with E-state index in [0.717, 1.165) is 107 Å². The number of pyridine rings is 4. The van der Waals surface area contributed by atoms with E-state index >= 15 is 8.78 Å². The number of nitrogens with one attached hydrogen (secondary N) is 2. The van der Waals surface area contributed by atoms with E-state index in [1.807, 2.05) is 85.2 Å². The first kappa shape index (κ1) is 57.6. The molecule has 0 bridgehead atoms. The fourth-order valence-corrected chi connectivity index (χ4v) is 11.6. The Hall–Kier alpha value is -9.26. The second-order valence-electron chi connectivity index (χ2n) is 22.2. The Labute approximate surface area is 491 Å². The van der Waals surface area contributed by atoms with Gasteiger partial charge in [0.1, 0.15) is 35.9 Å². The van der Waals surface area contributed by atoms with Crippen LogP contribution < -0.4 is 20.4 Å². The first-order chi connectivity index (χ1) is 41.4. The van der Waals surface area contributed by atoms with Crippen LogP contribution in [0, 0.1) is 34.3 Å². The normalized spacial score (nSPS) is 17.9. The smallest absolute Gasteiger partial charge is 0.236 e. The standard InChI is InChI=1S/C31H35FN10O.C30H33FN10O/c1-39(2)23-11-16-40(17-12-23)26-9-8-21(18-34-26)29-28(32)31(36-22-6-5-14-41(20-22)27(43)10-13-33)38-30(37-29)24-19-35-42-15-4-3-7-25(24)42;1-38-12-5-14-39(17-16-38)25-9-8-21(18-33-25)28-27(31)30(35-22-6-4-13-40(20-22)26(42)10-11-32)37-29(36-28)23-19-34-41-15-3-2-7-24(23)41/h3-4,7-9,15,18-19,22-23H,5-6,10-12,14,16-17,20H2,1-2H3,(H,36,37,38);2-3,7-9,15,18-19,22H,4-6,10,12-14,16-17,20H2,1H3,(H,35,36,37)/t2*22-/m11/s1. The quantitative estimate of drug-likeness (QED) is 0.115. The summed E-state index contributed by atoms with van der Waals surface area (Å²) in [5.74, 6) is 0.906. The van der Waals surface area contributed by atoms with Crippen LogP contribution in [0.3, 0.4) is 0 Å². The second kappa shape index (κ2) is 26.1. The van der Waals surface area contributed by atoms with Gasteiger partial charge in [-0.25, -0.2) is 47.7 Å². The molecule has 2 amide bonds. The summed E-state index contributed by atoms with van der Waals surface area (Å²) in [7, 11) is 6.36. The summed E-state index contributed by atoms with van der Waals surface area (Å²) in [6.07, 6.45) is 16.2. The highest BCUT2D eigenvalue weighted by atomic mass is 19.1. The number of likely N-dealkylation sites (tertiary alicyclic amines) is 2. The van der Waals surface area contributed by atoms with Crippen LogP contribution in [0.15, 0.2) is 97.8 Å². The molecule has 2 atom stereocenters. The van der Waals surface area contributed by atoms with E-state index in [2.05, 4.69) is 81.5 Å². The van der Waals surface area contributed by atoms with Crippen LogP contribution in [0.2, 0.25) is 0 Å². The molecule has 22 nitrogen and oxygen atoms in total. The first-order valence-electron chi connectivity index (χ1n) is 29.0. The molecule has 0 unspecified atom stereocenters. The van der Waals surface area contributed by atoms with Gasteiger partial charge in [-0.3, -0.25) is 9.59 Å². The van der Waals surface area contributed by atoms with Gasteiger partial charge in [0.15, 0.2) is 34.9 Å². The summed E-state index contributed by atoms with van der Waals surface area (Å²) < 4.78 is 35.9. The number of aromatic nitrogens is 10. The van der Waals surface area contributed by atoms with Gasteiger partial charge in [0.25, 0.3) is 0 Å². The van der Waals surface area contributed by atoms with Gasteiger partial charge in [-0.1, -0.05) is 12.1 Å². The summed E-state index contributed by atoms with van der Waals surface area (Å²) in [5.41, 5.74) is 4.31. The molecule has 0 aliphatic carbocycles. The highest BCUT2D eigenvalue weighted by molar-refractivity contribution is 5.81. The van der Waals surface area contributed by atoms with Gasteiger partial charge in [0.05, 0.1) is 46.7 Å². The Morgan fingerprint density at radius 1 is 0.588 bits per heavy atom. The van der Waals surface area contributed by atoms with E-state index in [-0.39, 0.29) is 59.8 Å². The Morgan fingerprint density at radius 3 is 1.54 bits per heavy atom. The van der Waals surface area contributed by atoms with Crippen molar-refractivity contribution in [3.05, 3.63) is 109 Å². The predicted octanol–water partition coefficient (Wildman–Crippen LogP) is 7.29. The number of hydrogen-bond donors (Lipinski definition) is 2. The molecule has 2 N–H and O–H groups in total. The van der Waals surface area contributed by atoms with Crippen molar-refractivity contribution in [3.63, 3.8) is 0 Å². The zero-order chi connectivity index (χ0) is 59.0.